The second-order valence-corrected chi connectivity index (χ2v) is 4.01. The van der Waals surface area contributed by atoms with Gasteiger partial charge in [0.25, 0.3) is 0 Å². The molecule has 0 saturated carbocycles. The predicted octanol–water partition coefficient (Wildman–Crippen LogP) is 0.632. The first-order valence-corrected chi connectivity index (χ1v) is 5.62. The van der Waals surface area contributed by atoms with Crippen molar-refractivity contribution in [1.29, 1.82) is 0 Å². The van der Waals surface area contributed by atoms with E-state index in [1.165, 1.54) is 0 Å². The Morgan fingerprint density at radius 3 is 3.00 bits per heavy atom. The molecule has 1 rings (SSSR count). The Labute approximate surface area is 101 Å². The standard InChI is InChI=1S/C11H20N4O2/c1-8(17-3)4-5-10(16)13-11-9(6-12)7-15(2)14-11/h7-8H,4-6,12H2,1-3H3,(H,13,14,16). The number of carbonyl (C=O) groups is 1. The molecular formula is C11H20N4O2. The summed E-state index contributed by atoms with van der Waals surface area (Å²) in [5.74, 6) is 0.479. The fraction of sp³-hybridized carbons (Fsp3) is 0.636. The first kappa shape index (κ1) is 13.7. The molecule has 0 aromatic carbocycles. The number of carbonyl (C=O) groups excluding carboxylic acids is 1. The third kappa shape index (κ3) is 4.16. The SMILES string of the molecule is COC(C)CCC(=O)Nc1nn(C)cc1CN. The molecule has 0 aliphatic rings. The first-order chi connectivity index (χ1) is 8.06. The van der Waals surface area contributed by atoms with Crippen molar-refractivity contribution in [3.05, 3.63) is 11.8 Å². The largest absolute Gasteiger partial charge is 0.382 e. The van der Waals surface area contributed by atoms with Gasteiger partial charge in [-0.2, -0.15) is 5.10 Å². The Kier molecular flexibility index (Phi) is 5.11. The van der Waals surface area contributed by atoms with Gasteiger partial charge in [0.2, 0.25) is 5.91 Å². The maximum Gasteiger partial charge on any atom is 0.225 e. The summed E-state index contributed by atoms with van der Waals surface area (Å²) < 4.78 is 6.71. The molecule has 1 atom stereocenters. The van der Waals surface area contributed by atoms with Crippen molar-refractivity contribution < 1.29 is 9.53 Å². The van der Waals surface area contributed by atoms with Crippen LogP contribution in [0, 0.1) is 0 Å². The number of methoxy groups -OCH3 is 1. The van der Waals surface area contributed by atoms with Gasteiger partial charge in [-0.1, -0.05) is 0 Å². The molecule has 6 heteroatoms. The number of nitrogens with two attached hydrogens (primary N) is 1. The highest BCUT2D eigenvalue weighted by atomic mass is 16.5. The van der Waals surface area contributed by atoms with Gasteiger partial charge in [-0.05, 0) is 13.3 Å². The molecule has 3 N–H and O–H groups in total. The summed E-state index contributed by atoms with van der Waals surface area (Å²) >= 11 is 0. The number of hydrogen-bond donors (Lipinski definition) is 2. The van der Waals surface area contributed by atoms with E-state index in [1.807, 2.05) is 6.92 Å². The van der Waals surface area contributed by atoms with Crippen LogP contribution in [0.1, 0.15) is 25.3 Å². The van der Waals surface area contributed by atoms with Crippen molar-refractivity contribution in [3.8, 4) is 0 Å². The van der Waals surface area contributed by atoms with Gasteiger partial charge in [0.1, 0.15) is 0 Å². The maximum absolute atomic E-state index is 11.7. The minimum Gasteiger partial charge on any atom is -0.382 e. The Bertz CT molecular complexity index is 376. The quantitative estimate of drug-likeness (QED) is 0.764. The molecule has 0 saturated heterocycles. The number of aryl methyl sites for hydroxylation is 1. The maximum atomic E-state index is 11.7. The molecule has 0 aliphatic carbocycles. The summed E-state index contributed by atoms with van der Waals surface area (Å²) in [5.41, 5.74) is 6.39. The number of rotatable bonds is 6. The second kappa shape index (κ2) is 6.36. The molecule has 96 valence electrons. The summed E-state index contributed by atoms with van der Waals surface area (Å²) in [5, 5.41) is 6.90. The molecule has 1 aromatic rings. The van der Waals surface area contributed by atoms with Crippen LogP contribution in [0.5, 0.6) is 0 Å². The van der Waals surface area contributed by atoms with E-state index in [2.05, 4.69) is 10.4 Å². The highest BCUT2D eigenvalue weighted by molar-refractivity contribution is 5.90. The molecule has 6 nitrogen and oxygen atoms in total. The summed E-state index contributed by atoms with van der Waals surface area (Å²) in [6.07, 6.45) is 2.98. The van der Waals surface area contributed by atoms with Crippen molar-refractivity contribution >= 4 is 11.7 Å². The molecule has 0 bridgehead atoms. The van der Waals surface area contributed by atoms with E-state index in [9.17, 15) is 4.79 Å². The number of anilines is 1. The molecule has 0 aliphatic heterocycles. The molecule has 1 heterocycles. The highest BCUT2D eigenvalue weighted by Crippen LogP contribution is 2.12. The van der Waals surface area contributed by atoms with Crippen LogP contribution >= 0.6 is 0 Å². The van der Waals surface area contributed by atoms with Crippen molar-refractivity contribution in [2.24, 2.45) is 12.8 Å². The van der Waals surface area contributed by atoms with Crippen LogP contribution in [0.4, 0.5) is 5.82 Å². The molecule has 0 fully saturated rings. The predicted molar refractivity (Wildman–Crippen MR) is 65.4 cm³/mol. The average molecular weight is 240 g/mol. The lowest BCUT2D eigenvalue weighted by Crippen LogP contribution is -2.16. The van der Waals surface area contributed by atoms with Gasteiger partial charge < -0.3 is 15.8 Å². The third-order valence-corrected chi connectivity index (χ3v) is 2.56. The number of nitrogens with one attached hydrogen (secondary N) is 1. The minimum atomic E-state index is -0.0673. The zero-order valence-electron chi connectivity index (χ0n) is 10.6. The van der Waals surface area contributed by atoms with Crippen LogP contribution in [0.25, 0.3) is 0 Å². The van der Waals surface area contributed by atoms with Gasteiger partial charge in [-0.3, -0.25) is 9.48 Å². The fourth-order valence-corrected chi connectivity index (χ4v) is 1.44. The Morgan fingerprint density at radius 1 is 1.71 bits per heavy atom. The highest BCUT2D eigenvalue weighted by Gasteiger charge is 2.11. The lowest BCUT2D eigenvalue weighted by Gasteiger charge is -2.08. The van der Waals surface area contributed by atoms with E-state index >= 15 is 0 Å². The van der Waals surface area contributed by atoms with Gasteiger partial charge in [0.15, 0.2) is 5.82 Å². The van der Waals surface area contributed by atoms with Crippen LogP contribution in [0.3, 0.4) is 0 Å². The Hall–Kier alpha value is -1.40. The first-order valence-electron chi connectivity index (χ1n) is 5.62. The van der Waals surface area contributed by atoms with Gasteiger partial charge >= 0.3 is 0 Å². The minimum absolute atomic E-state index is 0.0673. The lowest BCUT2D eigenvalue weighted by molar-refractivity contribution is -0.116. The smallest absolute Gasteiger partial charge is 0.225 e. The number of ether oxygens (including phenoxy) is 1. The van der Waals surface area contributed by atoms with Gasteiger partial charge in [-0.25, -0.2) is 0 Å². The van der Waals surface area contributed by atoms with E-state index < -0.39 is 0 Å². The van der Waals surface area contributed by atoms with Crippen molar-refractivity contribution in [2.45, 2.75) is 32.4 Å². The van der Waals surface area contributed by atoms with Crippen molar-refractivity contribution in [2.75, 3.05) is 12.4 Å². The topological polar surface area (TPSA) is 82.2 Å². The summed E-state index contributed by atoms with van der Waals surface area (Å²) in [7, 11) is 3.43. The van der Waals surface area contributed by atoms with Crippen LogP contribution in [0.2, 0.25) is 0 Å². The van der Waals surface area contributed by atoms with Gasteiger partial charge in [0.05, 0.1) is 6.10 Å². The number of hydrogen-bond acceptors (Lipinski definition) is 4. The Morgan fingerprint density at radius 2 is 2.41 bits per heavy atom. The van der Waals surface area contributed by atoms with Crippen molar-refractivity contribution in [3.63, 3.8) is 0 Å². The molecule has 17 heavy (non-hydrogen) atoms. The van der Waals surface area contributed by atoms with Gasteiger partial charge in [0, 0.05) is 38.9 Å². The van der Waals surface area contributed by atoms with Crippen LogP contribution in [-0.4, -0.2) is 28.9 Å². The van der Waals surface area contributed by atoms with Gasteiger partial charge in [-0.15, -0.1) is 0 Å². The van der Waals surface area contributed by atoms with Crippen LogP contribution in [-0.2, 0) is 23.1 Å². The zero-order chi connectivity index (χ0) is 12.8. The summed E-state index contributed by atoms with van der Waals surface area (Å²) in [4.78, 5) is 11.7. The van der Waals surface area contributed by atoms with Crippen molar-refractivity contribution in [1.82, 2.24) is 9.78 Å². The monoisotopic (exact) mass is 240 g/mol. The van der Waals surface area contributed by atoms with Crippen LogP contribution in [0.15, 0.2) is 6.20 Å². The van der Waals surface area contributed by atoms with E-state index in [1.54, 1.807) is 25.0 Å². The molecule has 1 amide bonds. The number of nitrogens with zero attached hydrogens (tertiary/aromatic N) is 2. The Balaban J connectivity index is 2.50. The third-order valence-electron chi connectivity index (χ3n) is 2.56. The van der Waals surface area contributed by atoms with E-state index in [0.717, 1.165) is 5.56 Å². The number of amides is 1. The number of aromatic nitrogens is 2. The van der Waals surface area contributed by atoms with E-state index in [-0.39, 0.29) is 12.0 Å². The molecule has 0 spiro atoms. The second-order valence-electron chi connectivity index (χ2n) is 4.01. The van der Waals surface area contributed by atoms with E-state index in [0.29, 0.717) is 25.2 Å². The zero-order valence-corrected chi connectivity index (χ0v) is 10.6. The average Bonchev–Trinajstić information content (AvgIpc) is 2.66. The van der Waals surface area contributed by atoms with E-state index in [4.69, 9.17) is 10.5 Å². The fourth-order valence-electron chi connectivity index (χ4n) is 1.44. The molecule has 1 aromatic heterocycles. The summed E-state index contributed by atoms with van der Waals surface area (Å²) in [6, 6.07) is 0. The lowest BCUT2D eigenvalue weighted by atomic mass is 10.2. The molecular weight excluding hydrogens is 220 g/mol. The summed E-state index contributed by atoms with van der Waals surface area (Å²) in [6.45, 7) is 2.29. The molecule has 1 unspecified atom stereocenters. The normalized spacial score (nSPS) is 12.5. The molecule has 0 radical (unpaired) electrons. The van der Waals surface area contributed by atoms with Crippen LogP contribution < -0.4 is 11.1 Å².